The fourth-order valence-electron chi connectivity index (χ4n) is 8.15. The van der Waals surface area contributed by atoms with Gasteiger partial charge in [-0.3, -0.25) is 0 Å². The molecule has 4 aliphatic carbocycles. The SMILES string of the molecule is C1CCC(P(CCP(C2CCCCC2)C2CCCCC2)C2CCCCC2)CC1.CC(C)(C)[CH2][Ga][CH2]C(C)(C)C.[CH2-]C(C)(C)C.[Pt]. The van der Waals surface area contributed by atoms with Crippen LogP contribution in [0.5, 0.6) is 0 Å². The van der Waals surface area contributed by atoms with Crippen LogP contribution in [0.25, 0.3) is 0 Å². The minimum atomic E-state index is 0. The maximum absolute atomic E-state index is 3.77. The molecule has 4 rings (SSSR count). The van der Waals surface area contributed by atoms with Crippen LogP contribution in [0.2, 0.25) is 9.95 Å². The molecule has 45 heavy (non-hydrogen) atoms. The van der Waals surface area contributed by atoms with Gasteiger partial charge in [0.25, 0.3) is 0 Å². The Balaban J connectivity index is 0.000000499. The maximum Gasteiger partial charge on any atom is 0 e. The predicted molar refractivity (Wildman–Crippen MR) is 210 cm³/mol. The summed E-state index contributed by atoms with van der Waals surface area (Å²) in [4.78, 5) is 3.02. The van der Waals surface area contributed by atoms with Crippen LogP contribution < -0.4 is 0 Å². The Morgan fingerprint density at radius 2 is 0.644 bits per heavy atom. The zero-order valence-corrected chi connectivity index (χ0v) is 38.8. The van der Waals surface area contributed by atoms with E-state index in [0.29, 0.717) is 26.7 Å². The molecule has 0 spiro atoms. The van der Waals surface area contributed by atoms with E-state index < -0.39 is 0 Å². The topological polar surface area (TPSA) is 0 Å². The first-order chi connectivity index (χ1) is 20.6. The molecule has 0 saturated heterocycles. The van der Waals surface area contributed by atoms with E-state index in [1.54, 1.807) is 141 Å². The Kier molecular flexibility index (Phi) is 23.7. The van der Waals surface area contributed by atoms with Gasteiger partial charge in [0.05, 0.1) is 0 Å². The van der Waals surface area contributed by atoms with E-state index in [2.05, 4.69) is 69.2 Å². The van der Waals surface area contributed by atoms with E-state index in [4.69, 9.17) is 0 Å². The molecule has 0 aromatic carbocycles. The van der Waals surface area contributed by atoms with Gasteiger partial charge in [0, 0.05) is 21.1 Å². The van der Waals surface area contributed by atoms with Crippen LogP contribution in [0.15, 0.2) is 0 Å². The van der Waals surface area contributed by atoms with Gasteiger partial charge in [0.1, 0.15) is 0 Å². The first-order valence-corrected chi connectivity index (χ1v) is 26.6. The molecule has 0 unspecified atom stereocenters. The van der Waals surface area contributed by atoms with Crippen LogP contribution in [-0.4, -0.2) is 52.4 Å². The Labute approximate surface area is 311 Å². The number of rotatable bonds is 9. The van der Waals surface area contributed by atoms with E-state index >= 15 is 0 Å². The number of hydrogen-bond acceptors (Lipinski definition) is 0. The zero-order valence-electron chi connectivity index (χ0n) is 32.3. The Morgan fingerprint density at radius 1 is 0.444 bits per heavy atom. The molecule has 4 fully saturated rings. The van der Waals surface area contributed by atoms with E-state index in [-0.39, 0.29) is 43.9 Å². The first kappa shape index (κ1) is 45.2. The summed E-state index contributed by atoms with van der Waals surface area (Å²) in [5, 5.41) is 0. The molecule has 4 aliphatic rings. The summed E-state index contributed by atoms with van der Waals surface area (Å²) in [6.45, 7) is 24.1. The normalized spacial score (nSPS) is 21.8. The van der Waals surface area contributed by atoms with Crippen LogP contribution in [0, 0.1) is 23.2 Å². The van der Waals surface area contributed by atoms with Crippen LogP contribution in [0.3, 0.4) is 0 Å². The largest absolute Gasteiger partial charge is 0.338 e. The Hall–Kier alpha value is 2.18. The van der Waals surface area contributed by atoms with Crippen molar-refractivity contribution in [1.82, 2.24) is 0 Å². The average molecular weight is 901 g/mol. The van der Waals surface area contributed by atoms with Crippen molar-refractivity contribution in [3.8, 4) is 0 Å². The third-order valence-corrected chi connectivity index (χ3v) is 24.3. The molecular formula is C41H81GaP2Pt-. The van der Waals surface area contributed by atoms with Gasteiger partial charge in [-0.25, -0.2) is 0 Å². The molecule has 0 N–H and O–H groups in total. The molecule has 4 saturated carbocycles. The monoisotopic (exact) mass is 899 g/mol. The van der Waals surface area contributed by atoms with E-state index in [0.717, 1.165) is 0 Å². The minimum absolute atomic E-state index is 0. The summed E-state index contributed by atoms with van der Waals surface area (Å²) >= 11 is 0.0573. The molecule has 0 aliphatic heterocycles. The molecule has 0 nitrogen and oxygen atoms in total. The first-order valence-electron chi connectivity index (χ1n) is 19.8. The van der Waals surface area contributed by atoms with Crippen molar-refractivity contribution < 1.29 is 21.1 Å². The van der Waals surface area contributed by atoms with Gasteiger partial charge in [0.15, 0.2) is 0 Å². The molecule has 269 valence electrons. The second-order valence-electron chi connectivity index (χ2n) is 19.0. The molecule has 4 heteroatoms. The Morgan fingerprint density at radius 3 is 0.822 bits per heavy atom. The van der Waals surface area contributed by atoms with Gasteiger partial charge in [-0.15, -0.1) is 0 Å². The van der Waals surface area contributed by atoms with Crippen molar-refractivity contribution in [2.45, 2.75) is 223 Å². The van der Waals surface area contributed by atoms with Gasteiger partial charge < -0.3 is 6.92 Å². The van der Waals surface area contributed by atoms with Gasteiger partial charge in [0.2, 0.25) is 0 Å². The second-order valence-corrected chi connectivity index (χ2v) is 27.8. The van der Waals surface area contributed by atoms with Crippen molar-refractivity contribution in [2.24, 2.45) is 16.2 Å². The standard InChI is InChI=1S/C26H48P2.3C5H11.Ga.Pt/c1-5-13-23(14-6-1)27(24-15-7-2-8-16-24)21-22-28(25-17-9-3-10-18-25)26-19-11-4-12-20-26;3*1-5(2,3)4;;/h23-26H,1-22H2;3*1H2,2-4H3;;/q;;;-1;;. The summed E-state index contributed by atoms with van der Waals surface area (Å²) in [5.74, 6) is 0. The van der Waals surface area contributed by atoms with Crippen molar-refractivity contribution in [2.75, 3.05) is 12.3 Å². The average Bonchev–Trinajstić information content (AvgIpc) is 2.95. The predicted octanol–water partition coefficient (Wildman–Crippen LogP) is 14.8. The molecule has 0 aromatic heterocycles. The van der Waals surface area contributed by atoms with Gasteiger partial charge in [-0.1, -0.05) is 114 Å². The summed E-state index contributed by atoms with van der Waals surface area (Å²) < 4.78 is 0. The third-order valence-electron chi connectivity index (χ3n) is 10.3. The van der Waals surface area contributed by atoms with Crippen molar-refractivity contribution in [3.05, 3.63) is 6.92 Å². The van der Waals surface area contributed by atoms with Crippen molar-refractivity contribution in [3.63, 3.8) is 0 Å². The molecule has 1 radical (unpaired) electrons. The summed E-state index contributed by atoms with van der Waals surface area (Å²) in [6, 6.07) is 0. The summed E-state index contributed by atoms with van der Waals surface area (Å²) in [6.07, 6.45) is 35.1. The second kappa shape index (κ2) is 23.6. The van der Waals surface area contributed by atoms with Crippen LogP contribution in [0.4, 0.5) is 0 Å². The fraction of sp³-hybridized carbons (Fsp3) is 0.976. The smallest absolute Gasteiger partial charge is 0 e. The van der Waals surface area contributed by atoms with Crippen LogP contribution in [-0.2, 0) is 21.1 Å². The van der Waals surface area contributed by atoms with E-state index in [1.165, 1.54) is 32.6 Å². The molecule has 0 bridgehead atoms. The third kappa shape index (κ3) is 22.6. The molecule has 0 aromatic rings. The van der Waals surface area contributed by atoms with Crippen LogP contribution in [0.1, 0.15) is 191 Å². The molecule has 0 atom stereocenters. The van der Waals surface area contributed by atoms with Gasteiger partial charge >= 0.3 is 79.7 Å². The zero-order chi connectivity index (χ0) is 32.6. The van der Waals surface area contributed by atoms with Crippen molar-refractivity contribution >= 4 is 33.3 Å². The summed E-state index contributed by atoms with van der Waals surface area (Å²) in [7, 11) is 0.689. The minimum Gasteiger partial charge on any atom is -0.338 e. The quantitative estimate of drug-likeness (QED) is 0.123. The van der Waals surface area contributed by atoms with Crippen LogP contribution >= 0.6 is 15.8 Å². The van der Waals surface area contributed by atoms with Gasteiger partial charge in [-0.05, 0) is 86.3 Å². The summed E-state index contributed by atoms with van der Waals surface area (Å²) in [5.41, 5.74) is 6.15. The number of hydrogen-bond donors (Lipinski definition) is 0. The fourth-order valence-corrected chi connectivity index (χ4v) is 20.7. The van der Waals surface area contributed by atoms with E-state index in [1.807, 2.05) is 0 Å². The van der Waals surface area contributed by atoms with Gasteiger partial charge in [-0.2, -0.15) is 5.41 Å². The van der Waals surface area contributed by atoms with Crippen molar-refractivity contribution in [1.29, 1.82) is 0 Å². The van der Waals surface area contributed by atoms with E-state index in [9.17, 15) is 0 Å². The maximum atomic E-state index is 3.77. The molecule has 0 heterocycles. The molecule has 0 amide bonds. The molecular weight excluding hydrogens is 819 g/mol. The Bertz CT molecular complexity index is 600.